The van der Waals surface area contributed by atoms with Crippen molar-refractivity contribution in [2.24, 2.45) is 5.16 Å². The summed E-state index contributed by atoms with van der Waals surface area (Å²) in [6.45, 7) is 1.35. The molecule has 0 bridgehead atoms. The Morgan fingerprint density at radius 1 is 1.52 bits per heavy atom. The van der Waals surface area contributed by atoms with E-state index in [9.17, 15) is 9.59 Å². The lowest BCUT2D eigenvalue weighted by atomic mass is 10.1. The first kappa shape index (κ1) is 16.7. The van der Waals surface area contributed by atoms with Gasteiger partial charge in [-0.1, -0.05) is 40.0 Å². The van der Waals surface area contributed by atoms with Gasteiger partial charge in [0.05, 0.1) is 0 Å². The molecular formula is C11H11Cl3N2O4S. The smallest absolute Gasteiger partial charge is 0.355 e. The molecule has 10 heteroatoms. The molecule has 6 nitrogen and oxygen atoms in total. The van der Waals surface area contributed by atoms with Crippen LogP contribution in [0.4, 0.5) is 0 Å². The number of esters is 1. The first-order chi connectivity index (χ1) is 9.76. The highest BCUT2D eigenvalue weighted by atomic mass is 35.6. The average Bonchev–Trinajstić information content (AvgIpc) is 2.41. The van der Waals surface area contributed by atoms with Gasteiger partial charge in [-0.2, -0.15) is 0 Å². The minimum absolute atomic E-state index is 0.174. The van der Waals surface area contributed by atoms with Crippen molar-refractivity contribution in [3.05, 3.63) is 11.3 Å². The van der Waals surface area contributed by atoms with E-state index >= 15 is 0 Å². The van der Waals surface area contributed by atoms with E-state index in [4.69, 9.17) is 39.5 Å². The maximum absolute atomic E-state index is 12.1. The molecule has 0 radical (unpaired) electrons. The van der Waals surface area contributed by atoms with Crippen LogP contribution < -0.4 is 0 Å². The molecular weight excluding hydrogens is 363 g/mol. The third-order valence-electron chi connectivity index (χ3n) is 2.76. The zero-order chi connectivity index (χ0) is 15.8. The average molecular weight is 374 g/mol. The van der Waals surface area contributed by atoms with Gasteiger partial charge >= 0.3 is 5.97 Å². The Balaban J connectivity index is 2.17. The second-order valence-electron chi connectivity index (χ2n) is 4.32. The maximum atomic E-state index is 12.1. The number of fused-ring (bicyclic) bond motifs is 1. The highest BCUT2D eigenvalue weighted by Crippen LogP contribution is 2.39. The quantitative estimate of drug-likeness (QED) is 0.328. The number of carbonyl (C=O) groups excluding carboxylic acids is 2. The second kappa shape index (κ2) is 6.24. The van der Waals surface area contributed by atoms with E-state index in [0.29, 0.717) is 5.75 Å². The Morgan fingerprint density at radius 3 is 2.76 bits per heavy atom. The molecule has 2 aliphatic rings. The van der Waals surface area contributed by atoms with Crippen LogP contribution in [0.15, 0.2) is 16.4 Å². The van der Waals surface area contributed by atoms with Gasteiger partial charge in [0, 0.05) is 5.75 Å². The molecule has 1 saturated heterocycles. The van der Waals surface area contributed by atoms with Crippen molar-refractivity contribution >= 4 is 64.2 Å². The van der Waals surface area contributed by atoms with Crippen LogP contribution in [0.25, 0.3) is 0 Å². The maximum Gasteiger partial charge on any atom is 0.355 e. The van der Waals surface area contributed by atoms with Crippen LogP contribution in [0.3, 0.4) is 0 Å². The molecule has 0 aromatic rings. The van der Waals surface area contributed by atoms with E-state index in [-0.39, 0.29) is 16.8 Å². The number of thioether (sulfide) groups is 1. The lowest BCUT2D eigenvalue weighted by molar-refractivity contribution is -0.144. The molecule has 1 fully saturated rings. The molecule has 0 aliphatic carbocycles. The first-order valence-corrected chi connectivity index (χ1v) is 7.94. The fourth-order valence-electron chi connectivity index (χ4n) is 1.91. The van der Waals surface area contributed by atoms with Crippen LogP contribution in [0.5, 0.6) is 0 Å². The van der Waals surface area contributed by atoms with Gasteiger partial charge in [-0.25, -0.2) is 4.79 Å². The van der Waals surface area contributed by atoms with Crippen molar-refractivity contribution in [3.8, 4) is 0 Å². The van der Waals surface area contributed by atoms with Crippen molar-refractivity contribution in [2.75, 3.05) is 19.5 Å². The fourth-order valence-corrected chi connectivity index (χ4v) is 3.27. The summed E-state index contributed by atoms with van der Waals surface area (Å²) in [6.07, 6.45) is 0. The van der Waals surface area contributed by atoms with Crippen LogP contribution in [0, 0.1) is 0 Å². The normalized spacial score (nSPS) is 23.9. The van der Waals surface area contributed by atoms with Crippen molar-refractivity contribution in [2.45, 2.75) is 16.1 Å². The first-order valence-electron chi connectivity index (χ1n) is 5.76. The van der Waals surface area contributed by atoms with Crippen molar-refractivity contribution in [1.29, 1.82) is 0 Å². The summed E-state index contributed by atoms with van der Waals surface area (Å²) < 4.78 is 3.25. The lowest BCUT2D eigenvalue weighted by Gasteiger charge is -2.44. The van der Waals surface area contributed by atoms with Crippen molar-refractivity contribution in [1.82, 2.24) is 4.90 Å². The Labute approximate surface area is 140 Å². The summed E-state index contributed by atoms with van der Waals surface area (Å²) in [4.78, 5) is 30.1. The van der Waals surface area contributed by atoms with E-state index in [0.717, 1.165) is 5.57 Å². The number of hydrogen-bond donors (Lipinski definition) is 0. The van der Waals surface area contributed by atoms with Crippen LogP contribution in [0.2, 0.25) is 0 Å². The Hall–Kier alpha value is -0.630. The Morgan fingerprint density at radius 2 is 2.19 bits per heavy atom. The zero-order valence-electron chi connectivity index (χ0n) is 11.1. The van der Waals surface area contributed by atoms with Gasteiger partial charge in [0.25, 0.3) is 5.91 Å². The third kappa shape index (κ3) is 3.41. The van der Waals surface area contributed by atoms with E-state index in [1.165, 1.54) is 23.8 Å². The summed E-state index contributed by atoms with van der Waals surface area (Å²) in [6, 6.07) is 0. The zero-order valence-corrected chi connectivity index (χ0v) is 14.1. The molecule has 1 atom stereocenters. The molecule has 0 unspecified atom stereocenters. The standard InChI is InChI=1S/C11H11Cl3N2O4S/c1-5-3-21-9-6(15-19-2)8(17)16(9)7(5)10(18)20-4-11(12,13)14/h9H,3-4H2,1-2H3/t9-/m0/s1. The summed E-state index contributed by atoms with van der Waals surface area (Å²) in [5.41, 5.74) is 1.16. The number of amides is 1. The molecule has 2 heterocycles. The minimum atomic E-state index is -1.70. The number of carbonyl (C=O) groups is 2. The monoisotopic (exact) mass is 372 g/mol. The predicted molar refractivity (Wildman–Crippen MR) is 81.5 cm³/mol. The number of β-lactam (4-membered cyclic amide) rings is 1. The highest BCUT2D eigenvalue weighted by Gasteiger charge is 2.51. The highest BCUT2D eigenvalue weighted by molar-refractivity contribution is 8.01. The van der Waals surface area contributed by atoms with Gasteiger partial charge in [0.2, 0.25) is 3.79 Å². The van der Waals surface area contributed by atoms with Crippen LogP contribution >= 0.6 is 46.6 Å². The molecule has 0 N–H and O–H groups in total. The van der Waals surface area contributed by atoms with Gasteiger partial charge in [0.15, 0.2) is 5.71 Å². The summed E-state index contributed by atoms with van der Waals surface area (Å²) in [5.74, 6) is -0.529. The molecule has 0 aromatic heterocycles. The number of ether oxygens (including phenoxy) is 1. The van der Waals surface area contributed by atoms with Crippen molar-refractivity contribution in [3.63, 3.8) is 0 Å². The number of rotatable bonds is 3. The van der Waals surface area contributed by atoms with Gasteiger partial charge < -0.3 is 9.57 Å². The molecule has 21 heavy (non-hydrogen) atoms. The number of alkyl halides is 3. The third-order valence-corrected chi connectivity index (χ3v) is 4.44. The van der Waals surface area contributed by atoms with E-state index in [1.54, 1.807) is 6.92 Å². The largest absolute Gasteiger partial charge is 0.456 e. The Bertz CT molecular complexity index is 544. The van der Waals surface area contributed by atoms with E-state index in [1.807, 2.05) is 0 Å². The summed E-state index contributed by atoms with van der Waals surface area (Å²) in [7, 11) is 1.35. The van der Waals surface area contributed by atoms with E-state index in [2.05, 4.69) is 9.99 Å². The van der Waals surface area contributed by atoms with E-state index < -0.39 is 22.3 Å². The topological polar surface area (TPSA) is 68.2 Å². The number of oxime groups is 1. The minimum Gasteiger partial charge on any atom is -0.456 e. The number of nitrogens with zero attached hydrogens (tertiary/aromatic N) is 2. The van der Waals surface area contributed by atoms with Crippen molar-refractivity contribution < 1.29 is 19.2 Å². The van der Waals surface area contributed by atoms with Gasteiger partial charge in [0.1, 0.15) is 24.8 Å². The Kier molecular flexibility index (Phi) is 4.97. The fraction of sp³-hybridized carbons (Fsp3) is 0.545. The molecule has 0 aromatic carbocycles. The second-order valence-corrected chi connectivity index (χ2v) is 7.90. The lowest BCUT2D eigenvalue weighted by Crippen LogP contribution is -2.62. The molecule has 2 aliphatic heterocycles. The van der Waals surface area contributed by atoms with Crippen LogP contribution in [0.1, 0.15) is 6.92 Å². The van der Waals surface area contributed by atoms with Gasteiger partial charge in [-0.15, -0.1) is 11.8 Å². The molecule has 116 valence electrons. The number of halogens is 3. The van der Waals surface area contributed by atoms with Gasteiger partial charge in [-0.05, 0) is 12.5 Å². The summed E-state index contributed by atoms with van der Waals surface area (Å²) >= 11 is 18.1. The molecule has 1 amide bonds. The predicted octanol–water partition coefficient (Wildman–Crippen LogP) is 2.09. The van der Waals surface area contributed by atoms with Crippen LogP contribution in [-0.2, 0) is 19.2 Å². The van der Waals surface area contributed by atoms with Crippen LogP contribution in [-0.4, -0.2) is 51.1 Å². The molecule has 2 rings (SSSR count). The molecule has 0 saturated carbocycles. The van der Waals surface area contributed by atoms with Gasteiger partial charge in [-0.3, -0.25) is 9.69 Å². The number of hydrogen-bond acceptors (Lipinski definition) is 6. The molecule has 0 spiro atoms. The SMILES string of the molecule is CON=C1C(=O)N2C(C(=O)OCC(Cl)(Cl)Cl)=C(C)CS[C@@H]12. The summed E-state index contributed by atoms with van der Waals surface area (Å²) in [5, 5.41) is 3.32.